The molecule has 2 bridgehead atoms. The normalized spacial score (nSPS) is 35.4. The molecule has 1 saturated heterocycles. The van der Waals surface area contributed by atoms with Crippen molar-refractivity contribution in [1.29, 1.82) is 0 Å². The van der Waals surface area contributed by atoms with E-state index in [1.165, 1.54) is 44.5 Å². The van der Waals surface area contributed by atoms with Gasteiger partial charge in [0.25, 0.3) is 0 Å². The van der Waals surface area contributed by atoms with Gasteiger partial charge >= 0.3 is 0 Å². The Morgan fingerprint density at radius 1 is 1.33 bits per heavy atom. The first kappa shape index (κ1) is 13.6. The zero-order chi connectivity index (χ0) is 14.6. The summed E-state index contributed by atoms with van der Waals surface area (Å²) in [5, 5.41) is 3.32. The van der Waals surface area contributed by atoms with Crippen molar-refractivity contribution in [2.75, 3.05) is 25.5 Å². The van der Waals surface area contributed by atoms with Gasteiger partial charge in [0, 0.05) is 25.3 Å². The molecule has 2 nitrogen and oxygen atoms in total. The maximum Gasteiger partial charge on any atom is 0.0340 e. The largest absolute Gasteiger partial charge is 0.388 e. The summed E-state index contributed by atoms with van der Waals surface area (Å²) in [6.07, 6.45) is 5.51. The van der Waals surface area contributed by atoms with E-state index in [0.717, 1.165) is 17.9 Å². The van der Waals surface area contributed by atoms with Crippen LogP contribution in [0.3, 0.4) is 0 Å². The SMILES string of the molecule is CNc1ccc2c(c1)[C@@]1(C)CCN(CC3CC3)[C@@H](C2)[C@H]1C. The van der Waals surface area contributed by atoms with Gasteiger partial charge in [0.1, 0.15) is 0 Å². The lowest BCUT2D eigenvalue weighted by molar-refractivity contribution is 0.0284. The molecule has 2 fully saturated rings. The molecule has 0 amide bonds. The van der Waals surface area contributed by atoms with Gasteiger partial charge in [-0.25, -0.2) is 0 Å². The van der Waals surface area contributed by atoms with Gasteiger partial charge in [-0.2, -0.15) is 0 Å². The highest BCUT2D eigenvalue weighted by Gasteiger charge is 2.48. The predicted molar refractivity (Wildman–Crippen MR) is 88.9 cm³/mol. The first-order chi connectivity index (χ1) is 10.1. The molecule has 1 aromatic rings. The van der Waals surface area contributed by atoms with E-state index >= 15 is 0 Å². The molecule has 1 aromatic carbocycles. The predicted octanol–water partition coefficient (Wildman–Crippen LogP) is 3.66. The fourth-order valence-electron chi connectivity index (χ4n) is 4.72. The molecule has 21 heavy (non-hydrogen) atoms. The number of benzene rings is 1. The topological polar surface area (TPSA) is 15.3 Å². The van der Waals surface area contributed by atoms with Crippen molar-refractivity contribution in [3.05, 3.63) is 29.3 Å². The quantitative estimate of drug-likeness (QED) is 0.911. The van der Waals surface area contributed by atoms with Gasteiger partial charge in [0.15, 0.2) is 0 Å². The summed E-state index contributed by atoms with van der Waals surface area (Å²) in [6.45, 7) is 7.66. The Morgan fingerprint density at radius 2 is 2.14 bits per heavy atom. The van der Waals surface area contributed by atoms with Crippen LogP contribution in [-0.2, 0) is 11.8 Å². The summed E-state index contributed by atoms with van der Waals surface area (Å²) in [4.78, 5) is 2.82. The van der Waals surface area contributed by atoms with Crippen LogP contribution in [0.1, 0.15) is 44.2 Å². The maximum absolute atomic E-state index is 3.32. The fourth-order valence-corrected chi connectivity index (χ4v) is 4.72. The first-order valence-electron chi connectivity index (χ1n) is 8.67. The molecular weight excluding hydrogens is 256 g/mol. The summed E-state index contributed by atoms with van der Waals surface area (Å²) >= 11 is 0. The van der Waals surface area contributed by atoms with Crippen LogP contribution >= 0.6 is 0 Å². The molecule has 1 aliphatic heterocycles. The van der Waals surface area contributed by atoms with Crippen molar-refractivity contribution in [2.24, 2.45) is 11.8 Å². The van der Waals surface area contributed by atoms with Gasteiger partial charge < -0.3 is 5.32 Å². The zero-order valence-electron chi connectivity index (χ0n) is 13.7. The molecule has 0 aromatic heterocycles. The third kappa shape index (κ3) is 2.11. The van der Waals surface area contributed by atoms with Crippen LogP contribution in [0.25, 0.3) is 0 Å². The van der Waals surface area contributed by atoms with Crippen molar-refractivity contribution in [3.63, 3.8) is 0 Å². The van der Waals surface area contributed by atoms with E-state index in [2.05, 4.69) is 42.3 Å². The smallest absolute Gasteiger partial charge is 0.0340 e. The van der Waals surface area contributed by atoms with Crippen molar-refractivity contribution in [2.45, 2.75) is 51.0 Å². The number of likely N-dealkylation sites (tertiary alicyclic amines) is 1. The first-order valence-corrected chi connectivity index (χ1v) is 8.67. The van der Waals surface area contributed by atoms with Crippen molar-refractivity contribution in [3.8, 4) is 0 Å². The fraction of sp³-hybridized carbons (Fsp3) is 0.684. The number of hydrogen-bond donors (Lipinski definition) is 1. The van der Waals surface area contributed by atoms with E-state index in [1.807, 2.05) is 7.05 Å². The molecule has 1 heterocycles. The highest BCUT2D eigenvalue weighted by Crippen LogP contribution is 2.49. The van der Waals surface area contributed by atoms with E-state index in [0.29, 0.717) is 5.41 Å². The lowest BCUT2D eigenvalue weighted by Gasteiger charge is -2.55. The summed E-state index contributed by atoms with van der Waals surface area (Å²) in [5.74, 6) is 1.78. The molecule has 1 N–H and O–H groups in total. The molecule has 3 atom stereocenters. The molecule has 0 radical (unpaired) electrons. The van der Waals surface area contributed by atoms with Gasteiger partial charge in [-0.3, -0.25) is 4.90 Å². The van der Waals surface area contributed by atoms with E-state index in [1.54, 1.807) is 11.1 Å². The lowest BCUT2D eigenvalue weighted by Crippen LogP contribution is -2.58. The Kier molecular flexibility index (Phi) is 3.08. The van der Waals surface area contributed by atoms with Crippen LogP contribution < -0.4 is 5.32 Å². The molecule has 1 saturated carbocycles. The Labute approximate surface area is 128 Å². The minimum absolute atomic E-state index is 0.366. The number of nitrogens with one attached hydrogen (secondary N) is 1. The number of piperidine rings is 1. The second-order valence-electron chi connectivity index (χ2n) is 7.79. The van der Waals surface area contributed by atoms with Gasteiger partial charge in [-0.05, 0) is 72.7 Å². The number of anilines is 1. The highest BCUT2D eigenvalue weighted by atomic mass is 15.2. The summed E-state index contributed by atoms with van der Waals surface area (Å²) in [5.41, 5.74) is 4.84. The average molecular weight is 284 g/mol. The lowest BCUT2D eigenvalue weighted by atomic mass is 9.59. The number of hydrogen-bond acceptors (Lipinski definition) is 2. The van der Waals surface area contributed by atoms with Crippen LogP contribution in [-0.4, -0.2) is 31.1 Å². The molecular formula is C19H28N2. The van der Waals surface area contributed by atoms with E-state index in [4.69, 9.17) is 0 Å². The van der Waals surface area contributed by atoms with E-state index in [-0.39, 0.29) is 0 Å². The molecule has 3 aliphatic rings. The monoisotopic (exact) mass is 284 g/mol. The highest BCUT2D eigenvalue weighted by molar-refractivity contribution is 5.52. The summed E-state index contributed by atoms with van der Waals surface area (Å²) in [6, 6.07) is 7.80. The third-order valence-electron chi connectivity index (χ3n) is 6.60. The Bertz CT molecular complexity index is 548. The summed E-state index contributed by atoms with van der Waals surface area (Å²) in [7, 11) is 2.03. The second kappa shape index (κ2) is 4.74. The average Bonchev–Trinajstić information content (AvgIpc) is 3.30. The van der Waals surface area contributed by atoms with E-state index < -0.39 is 0 Å². The Morgan fingerprint density at radius 3 is 2.86 bits per heavy atom. The van der Waals surface area contributed by atoms with Crippen LogP contribution in [0.4, 0.5) is 5.69 Å². The van der Waals surface area contributed by atoms with Crippen molar-refractivity contribution in [1.82, 2.24) is 4.90 Å². The minimum Gasteiger partial charge on any atom is -0.388 e. The number of nitrogens with zero attached hydrogens (tertiary/aromatic N) is 1. The number of rotatable bonds is 3. The van der Waals surface area contributed by atoms with Gasteiger partial charge in [0.2, 0.25) is 0 Å². The van der Waals surface area contributed by atoms with Crippen LogP contribution in [0, 0.1) is 11.8 Å². The summed E-state index contributed by atoms with van der Waals surface area (Å²) < 4.78 is 0. The molecule has 4 rings (SSSR count). The third-order valence-corrected chi connectivity index (χ3v) is 6.60. The molecule has 2 heteroatoms. The molecule has 0 unspecified atom stereocenters. The Balaban J connectivity index is 1.70. The van der Waals surface area contributed by atoms with Crippen molar-refractivity contribution >= 4 is 5.69 Å². The molecule has 2 aliphatic carbocycles. The van der Waals surface area contributed by atoms with Crippen LogP contribution in [0.15, 0.2) is 18.2 Å². The van der Waals surface area contributed by atoms with E-state index in [9.17, 15) is 0 Å². The molecule has 114 valence electrons. The van der Waals surface area contributed by atoms with Crippen molar-refractivity contribution < 1.29 is 0 Å². The Hall–Kier alpha value is -1.02. The van der Waals surface area contributed by atoms with Gasteiger partial charge in [-0.15, -0.1) is 0 Å². The standard InChI is InChI=1S/C19H28N2/c1-13-18-10-15-6-7-16(20-3)11-17(15)19(13,2)8-9-21(18)12-14-4-5-14/h6-7,11,13-14,18,20H,4-5,8-10,12H2,1-3H3/t13-,18+,19+/m1/s1. The minimum atomic E-state index is 0.366. The van der Waals surface area contributed by atoms with Crippen LogP contribution in [0.5, 0.6) is 0 Å². The zero-order valence-corrected chi connectivity index (χ0v) is 13.7. The second-order valence-corrected chi connectivity index (χ2v) is 7.79. The van der Waals surface area contributed by atoms with Gasteiger partial charge in [-0.1, -0.05) is 19.9 Å². The number of fused-ring (bicyclic) bond motifs is 4. The molecule has 0 spiro atoms. The maximum atomic E-state index is 3.32. The van der Waals surface area contributed by atoms with Gasteiger partial charge in [0.05, 0.1) is 0 Å². The van der Waals surface area contributed by atoms with Crippen LogP contribution in [0.2, 0.25) is 0 Å².